The van der Waals surface area contributed by atoms with E-state index < -0.39 is 41.4 Å². The molecule has 47 heavy (non-hydrogen) atoms. The summed E-state index contributed by atoms with van der Waals surface area (Å²) in [5, 5.41) is 11.3. The van der Waals surface area contributed by atoms with Crippen molar-refractivity contribution in [2.75, 3.05) is 54.5 Å². The second-order valence-corrected chi connectivity index (χ2v) is 15.5. The Bertz CT molecular complexity index is 1210. The van der Waals surface area contributed by atoms with Gasteiger partial charge in [-0.25, -0.2) is 0 Å². The van der Waals surface area contributed by atoms with Gasteiger partial charge in [-0.3, -0.25) is 19.4 Å². The van der Waals surface area contributed by atoms with Crippen molar-refractivity contribution in [1.82, 2.24) is 14.7 Å². The largest absolute Gasteiger partial charge is 0.463 e. The summed E-state index contributed by atoms with van der Waals surface area (Å²) in [6.45, 7) is 14.9. The number of aliphatic hydroxyl groups excluding tert-OH is 1. The standard InChI is InChI=1S/C37H61N3O7/c1-24-20-37(6,44-10)33(47-34-31(41)30(38(7)8)19-25(2)46-34)26(3)32(42)36(4,5)35(43)45-23-29(39(9)21-24)16-18-40-17-15-27-13-11-12-14-28(27)22-40/h11-14,24-26,29-31,33-34,41H,15-23H2,1-10H3/t24-,25-,26+,29+,30+,31-,33-,34+,37-/m1/s1. The lowest BCUT2D eigenvalue weighted by Crippen LogP contribution is -2.59. The van der Waals surface area contributed by atoms with E-state index in [2.05, 4.69) is 48.0 Å². The van der Waals surface area contributed by atoms with Crippen molar-refractivity contribution in [3.05, 3.63) is 35.4 Å². The number of fused-ring (bicyclic) bond motifs is 1. The predicted molar refractivity (Wildman–Crippen MR) is 182 cm³/mol. The Morgan fingerprint density at radius 2 is 1.77 bits per heavy atom. The first-order chi connectivity index (χ1) is 22.1. The van der Waals surface area contributed by atoms with Crippen LogP contribution in [0.1, 0.15) is 71.9 Å². The third-order valence-electron chi connectivity index (χ3n) is 11.0. The predicted octanol–water partition coefficient (Wildman–Crippen LogP) is 3.77. The zero-order chi connectivity index (χ0) is 34.7. The quantitative estimate of drug-likeness (QED) is 0.344. The lowest BCUT2D eigenvalue weighted by atomic mass is 9.74. The van der Waals surface area contributed by atoms with Gasteiger partial charge in [0.25, 0.3) is 0 Å². The molecule has 9 atom stereocenters. The highest BCUT2D eigenvalue weighted by molar-refractivity contribution is 6.04. The van der Waals surface area contributed by atoms with Gasteiger partial charge in [0.1, 0.15) is 18.1 Å². The van der Waals surface area contributed by atoms with Gasteiger partial charge in [-0.05, 0) is 91.6 Å². The molecule has 4 rings (SSSR count). The number of benzene rings is 1. The summed E-state index contributed by atoms with van der Waals surface area (Å²) in [5.74, 6) is -1.43. The Kier molecular flexibility index (Phi) is 12.7. The molecule has 0 amide bonds. The van der Waals surface area contributed by atoms with Crippen LogP contribution in [0.15, 0.2) is 24.3 Å². The second-order valence-electron chi connectivity index (χ2n) is 15.5. The normalized spacial score (nSPS) is 36.6. The van der Waals surface area contributed by atoms with Gasteiger partial charge in [-0.15, -0.1) is 0 Å². The SMILES string of the molecule is CO[C@]1(C)C[C@@H](C)CN(C)[C@@H](CCN2CCc3ccccc3C2)COC(=O)C(C)(C)C(=O)[C@H](C)[C@H]1O[C@@H]1O[C@H](C)C[C@H](N(C)C)[C@H]1O. The molecule has 0 radical (unpaired) electrons. The molecule has 0 aromatic heterocycles. The number of hydrogen-bond donors (Lipinski definition) is 1. The average Bonchev–Trinajstić information content (AvgIpc) is 3.03. The van der Waals surface area contributed by atoms with Gasteiger partial charge >= 0.3 is 5.97 Å². The summed E-state index contributed by atoms with van der Waals surface area (Å²) in [4.78, 5) is 34.7. The van der Waals surface area contributed by atoms with Gasteiger partial charge < -0.3 is 29.0 Å². The molecule has 0 aliphatic carbocycles. The summed E-state index contributed by atoms with van der Waals surface area (Å²) in [6, 6.07) is 8.45. The van der Waals surface area contributed by atoms with E-state index in [9.17, 15) is 14.7 Å². The molecule has 10 nitrogen and oxygen atoms in total. The third kappa shape index (κ3) is 8.82. The lowest BCUT2D eigenvalue weighted by molar-refractivity contribution is -0.295. The number of esters is 1. The lowest BCUT2D eigenvalue weighted by Gasteiger charge is -2.47. The number of methoxy groups -OCH3 is 1. The first-order valence-corrected chi connectivity index (χ1v) is 17.5. The van der Waals surface area contributed by atoms with Crippen LogP contribution in [0.2, 0.25) is 0 Å². The number of ketones is 1. The number of aliphatic hydroxyl groups is 1. The van der Waals surface area contributed by atoms with E-state index in [1.165, 1.54) is 11.1 Å². The van der Waals surface area contributed by atoms with Crippen molar-refractivity contribution < 1.29 is 33.6 Å². The minimum absolute atomic E-state index is 0.0151. The molecule has 2 fully saturated rings. The molecule has 0 spiro atoms. The fourth-order valence-electron chi connectivity index (χ4n) is 7.97. The minimum atomic E-state index is -1.42. The van der Waals surface area contributed by atoms with Crippen molar-refractivity contribution in [3.63, 3.8) is 0 Å². The van der Waals surface area contributed by atoms with Crippen LogP contribution in [0.4, 0.5) is 0 Å². The van der Waals surface area contributed by atoms with E-state index in [-0.39, 0.29) is 36.5 Å². The number of ether oxygens (including phenoxy) is 4. The first kappa shape index (κ1) is 37.9. The number of Topliss-reactive ketones (excluding diaryl/α,β-unsaturated/α-hetero) is 1. The fraction of sp³-hybridized carbons (Fsp3) is 0.784. The maximum Gasteiger partial charge on any atom is 0.319 e. The van der Waals surface area contributed by atoms with Gasteiger partial charge in [0.15, 0.2) is 12.1 Å². The van der Waals surface area contributed by atoms with Crippen molar-refractivity contribution in [1.29, 1.82) is 0 Å². The van der Waals surface area contributed by atoms with Crippen LogP contribution >= 0.6 is 0 Å². The van der Waals surface area contributed by atoms with Crippen molar-refractivity contribution in [3.8, 4) is 0 Å². The monoisotopic (exact) mass is 659 g/mol. The Morgan fingerprint density at radius 1 is 1.09 bits per heavy atom. The van der Waals surface area contributed by atoms with E-state index in [1.807, 2.05) is 32.8 Å². The van der Waals surface area contributed by atoms with Gasteiger partial charge in [0.2, 0.25) is 0 Å². The molecule has 266 valence electrons. The van der Waals surface area contributed by atoms with Crippen LogP contribution in [-0.2, 0) is 41.5 Å². The number of cyclic esters (lactones) is 1. The van der Waals surface area contributed by atoms with Crippen LogP contribution in [0, 0.1) is 17.3 Å². The Balaban J connectivity index is 1.58. The molecule has 1 N–H and O–H groups in total. The number of carbonyl (C=O) groups is 2. The Morgan fingerprint density at radius 3 is 2.43 bits per heavy atom. The maximum atomic E-state index is 14.2. The topological polar surface area (TPSA) is 101 Å². The van der Waals surface area contributed by atoms with Gasteiger partial charge in [-0.1, -0.05) is 38.1 Å². The molecule has 3 heterocycles. The average molecular weight is 660 g/mol. The maximum absolute atomic E-state index is 14.2. The molecule has 3 aliphatic rings. The Hall–Kier alpha value is -1.92. The van der Waals surface area contributed by atoms with Crippen LogP contribution in [0.25, 0.3) is 0 Å². The number of likely N-dealkylation sites (N-methyl/N-ethyl adjacent to an activating group) is 2. The molecule has 1 aromatic carbocycles. The number of rotatable bonds is 7. The molecule has 0 unspecified atom stereocenters. The number of carbonyl (C=O) groups excluding carboxylic acids is 2. The summed E-state index contributed by atoms with van der Waals surface area (Å²) < 4.78 is 25.0. The molecular weight excluding hydrogens is 598 g/mol. The molecule has 1 aromatic rings. The van der Waals surface area contributed by atoms with Crippen LogP contribution in [0.3, 0.4) is 0 Å². The molecule has 0 bridgehead atoms. The zero-order valence-electron chi connectivity index (χ0n) is 30.5. The summed E-state index contributed by atoms with van der Waals surface area (Å²) >= 11 is 0. The van der Waals surface area contributed by atoms with Gasteiger partial charge in [0, 0.05) is 51.3 Å². The van der Waals surface area contributed by atoms with Gasteiger partial charge in [0.05, 0.1) is 17.8 Å². The molecule has 2 saturated heterocycles. The van der Waals surface area contributed by atoms with E-state index in [0.717, 1.165) is 39.0 Å². The molecule has 10 heteroatoms. The van der Waals surface area contributed by atoms with E-state index in [0.29, 0.717) is 12.8 Å². The number of nitrogens with zero attached hydrogens (tertiary/aromatic N) is 3. The van der Waals surface area contributed by atoms with Crippen LogP contribution in [0.5, 0.6) is 0 Å². The van der Waals surface area contributed by atoms with Crippen molar-refractivity contribution in [2.45, 2.75) is 116 Å². The van der Waals surface area contributed by atoms with E-state index >= 15 is 0 Å². The highest BCUT2D eigenvalue weighted by Gasteiger charge is 2.51. The van der Waals surface area contributed by atoms with E-state index in [1.54, 1.807) is 27.9 Å². The molecular formula is C37H61N3O7. The number of hydrogen-bond acceptors (Lipinski definition) is 10. The Labute approximate surface area is 283 Å². The second kappa shape index (κ2) is 15.7. The first-order valence-electron chi connectivity index (χ1n) is 17.5. The zero-order valence-corrected chi connectivity index (χ0v) is 30.5. The molecule has 0 saturated carbocycles. The minimum Gasteiger partial charge on any atom is -0.463 e. The summed E-state index contributed by atoms with van der Waals surface area (Å²) in [7, 11) is 7.59. The summed E-state index contributed by atoms with van der Waals surface area (Å²) in [5.41, 5.74) is 0.467. The third-order valence-corrected chi connectivity index (χ3v) is 11.0. The highest BCUT2D eigenvalue weighted by Crippen LogP contribution is 2.38. The van der Waals surface area contributed by atoms with Crippen LogP contribution in [-0.4, -0.2) is 128 Å². The smallest absolute Gasteiger partial charge is 0.319 e. The molecule has 3 aliphatic heterocycles. The van der Waals surface area contributed by atoms with Crippen LogP contribution < -0.4 is 0 Å². The van der Waals surface area contributed by atoms with E-state index in [4.69, 9.17) is 18.9 Å². The van der Waals surface area contributed by atoms with Crippen molar-refractivity contribution >= 4 is 11.8 Å². The fourth-order valence-corrected chi connectivity index (χ4v) is 7.97. The highest BCUT2D eigenvalue weighted by atomic mass is 16.7. The van der Waals surface area contributed by atoms with Crippen molar-refractivity contribution in [2.24, 2.45) is 17.3 Å². The van der Waals surface area contributed by atoms with Gasteiger partial charge in [-0.2, -0.15) is 0 Å². The summed E-state index contributed by atoms with van der Waals surface area (Å²) in [6.07, 6.45) is 0.277.